The van der Waals surface area contributed by atoms with Crippen LogP contribution in [-0.2, 0) is 13.1 Å². The van der Waals surface area contributed by atoms with Gasteiger partial charge in [-0.3, -0.25) is 4.90 Å². The van der Waals surface area contributed by atoms with Crippen molar-refractivity contribution in [3.63, 3.8) is 0 Å². The van der Waals surface area contributed by atoms with Crippen LogP contribution < -0.4 is 5.73 Å². The Bertz CT molecular complexity index is 687. The molecule has 0 unspecified atom stereocenters. The first-order chi connectivity index (χ1) is 9.74. The van der Waals surface area contributed by atoms with Gasteiger partial charge in [0, 0.05) is 5.69 Å². The van der Waals surface area contributed by atoms with Crippen molar-refractivity contribution in [2.75, 3.05) is 12.3 Å². The lowest BCUT2D eigenvalue weighted by atomic mass is 10.3. The zero-order valence-electron chi connectivity index (χ0n) is 11.5. The third-order valence-electron chi connectivity index (χ3n) is 3.34. The fourth-order valence-electron chi connectivity index (χ4n) is 2.27. The summed E-state index contributed by atoms with van der Waals surface area (Å²) < 4.78 is 5.39. The Morgan fingerprint density at radius 3 is 2.95 bits per heavy atom. The van der Waals surface area contributed by atoms with Gasteiger partial charge in [0.1, 0.15) is 11.6 Å². The number of hydrogen-bond donors (Lipinski definition) is 2. The van der Waals surface area contributed by atoms with Crippen molar-refractivity contribution in [2.24, 2.45) is 0 Å². The van der Waals surface area contributed by atoms with Crippen molar-refractivity contribution in [1.29, 1.82) is 0 Å². The molecule has 20 heavy (non-hydrogen) atoms. The van der Waals surface area contributed by atoms with Gasteiger partial charge in [0.15, 0.2) is 0 Å². The summed E-state index contributed by atoms with van der Waals surface area (Å²) in [5.74, 6) is 1.91. The monoisotopic (exact) mass is 270 g/mol. The van der Waals surface area contributed by atoms with Crippen LogP contribution in [0.15, 0.2) is 41.0 Å². The largest absolute Gasteiger partial charge is 0.468 e. The standard InChI is InChI=1S/C15H18N4O/c1-2-19(9-12-4-3-7-20-12)10-15-17-13-6-5-11(16)8-14(13)18-15/h3-8H,2,9-10,16H2,1H3,(H,17,18). The van der Waals surface area contributed by atoms with E-state index in [1.54, 1.807) is 6.26 Å². The zero-order valence-corrected chi connectivity index (χ0v) is 11.5. The average Bonchev–Trinajstić information content (AvgIpc) is 3.06. The summed E-state index contributed by atoms with van der Waals surface area (Å²) in [6.45, 7) is 4.60. The zero-order chi connectivity index (χ0) is 13.9. The molecule has 104 valence electrons. The van der Waals surface area contributed by atoms with Gasteiger partial charge in [0.2, 0.25) is 0 Å². The Balaban J connectivity index is 1.76. The molecule has 1 aromatic carbocycles. The second-order valence-corrected chi connectivity index (χ2v) is 4.84. The van der Waals surface area contributed by atoms with Gasteiger partial charge in [-0.25, -0.2) is 4.98 Å². The Kier molecular flexibility index (Phi) is 3.43. The number of imidazole rings is 1. The molecule has 0 fully saturated rings. The minimum atomic E-state index is 0.746. The molecule has 0 aliphatic carbocycles. The van der Waals surface area contributed by atoms with Crippen molar-refractivity contribution in [3.05, 3.63) is 48.2 Å². The first kappa shape index (κ1) is 12.7. The van der Waals surface area contributed by atoms with Gasteiger partial charge in [0.25, 0.3) is 0 Å². The average molecular weight is 270 g/mol. The van der Waals surface area contributed by atoms with Gasteiger partial charge in [-0.1, -0.05) is 6.92 Å². The molecule has 5 nitrogen and oxygen atoms in total. The summed E-state index contributed by atoms with van der Waals surface area (Å²) in [5.41, 5.74) is 8.45. The summed E-state index contributed by atoms with van der Waals surface area (Å²) in [7, 11) is 0. The molecule has 0 amide bonds. The van der Waals surface area contributed by atoms with E-state index < -0.39 is 0 Å². The molecular weight excluding hydrogens is 252 g/mol. The number of nitrogens with one attached hydrogen (secondary N) is 1. The van der Waals surface area contributed by atoms with Gasteiger partial charge < -0.3 is 15.1 Å². The topological polar surface area (TPSA) is 71.1 Å². The van der Waals surface area contributed by atoms with Crippen LogP contribution >= 0.6 is 0 Å². The second-order valence-electron chi connectivity index (χ2n) is 4.84. The summed E-state index contributed by atoms with van der Waals surface area (Å²) >= 11 is 0. The summed E-state index contributed by atoms with van der Waals surface area (Å²) in [5, 5.41) is 0. The van der Waals surface area contributed by atoms with Crippen molar-refractivity contribution in [3.8, 4) is 0 Å². The molecule has 0 radical (unpaired) electrons. The summed E-state index contributed by atoms with van der Waals surface area (Å²) in [6, 6.07) is 9.62. The lowest BCUT2D eigenvalue weighted by Gasteiger charge is -2.17. The van der Waals surface area contributed by atoms with Crippen LogP contribution in [0.25, 0.3) is 11.0 Å². The van der Waals surface area contributed by atoms with Gasteiger partial charge in [0.05, 0.1) is 30.4 Å². The highest BCUT2D eigenvalue weighted by atomic mass is 16.3. The van der Waals surface area contributed by atoms with Crippen molar-refractivity contribution in [1.82, 2.24) is 14.9 Å². The predicted molar refractivity (Wildman–Crippen MR) is 79.0 cm³/mol. The molecule has 2 heterocycles. The first-order valence-corrected chi connectivity index (χ1v) is 6.73. The highest BCUT2D eigenvalue weighted by Crippen LogP contribution is 2.16. The van der Waals surface area contributed by atoms with Gasteiger partial charge in [-0.05, 0) is 36.9 Å². The van der Waals surface area contributed by atoms with Crippen LogP contribution in [0.4, 0.5) is 5.69 Å². The van der Waals surface area contributed by atoms with E-state index in [9.17, 15) is 0 Å². The highest BCUT2D eigenvalue weighted by Gasteiger charge is 2.10. The molecule has 2 aromatic heterocycles. The molecule has 5 heteroatoms. The lowest BCUT2D eigenvalue weighted by Crippen LogP contribution is -2.22. The van der Waals surface area contributed by atoms with Crippen molar-refractivity contribution in [2.45, 2.75) is 20.0 Å². The third-order valence-corrected chi connectivity index (χ3v) is 3.34. The van der Waals surface area contributed by atoms with Crippen LogP contribution in [0, 0.1) is 0 Å². The van der Waals surface area contributed by atoms with E-state index in [0.29, 0.717) is 0 Å². The molecule has 3 aromatic rings. The Hall–Kier alpha value is -2.27. The van der Waals surface area contributed by atoms with E-state index in [4.69, 9.17) is 10.2 Å². The summed E-state index contributed by atoms with van der Waals surface area (Å²) in [6.07, 6.45) is 1.70. The number of aromatic amines is 1. The maximum Gasteiger partial charge on any atom is 0.121 e. The van der Waals surface area contributed by atoms with E-state index in [1.807, 2.05) is 30.3 Å². The number of furan rings is 1. The smallest absolute Gasteiger partial charge is 0.121 e. The molecule has 0 aliphatic heterocycles. The van der Waals surface area contributed by atoms with E-state index >= 15 is 0 Å². The van der Waals surface area contributed by atoms with Crippen LogP contribution in [0.3, 0.4) is 0 Å². The molecule has 0 bridgehead atoms. The maximum absolute atomic E-state index is 5.78. The molecule has 3 rings (SSSR count). The number of anilines is 1. The molecule has 0 saturated heterocycles. The number of H-pyrrole nitrogens is 1. The Morgan fingerprint density at radius 2 is 2.20 bits per heavy atom. The second kappa shape index (κ2) is 5.38. The number of benzene rings is 1. The number of rotatable bonds is 5. The fourth-order valence-corrected chi connectivity index (χ4v) is 2.27. The minimum absolute atomic E-state index is 0.746. The van der Waals surface area contributed by atoms with Crippen molar-refractivity contribution >= 4 is 16.7 Å². The van der Waals surface area contributed by atoms with Gasteiger partial charge in [-0.2, -0.15) is 0 Å². The number of hydrogen-bond acceptors (Lipinski definition) is 4. The number of nitrogen functional groups attached to an aromatic ring is 1. The van der Waals surface area contributed by atoms with E-state index in [1.165, 1.54) is 0 Å². The highest BCUT2D eigenvalue weighted by molar-refractivity contribution is 5.78. The molecule has 3 N–H and O–H groups in total. The molecule has 0 aliphatic rings. The first-order valence-electron chi connectivity index (χ1n) is 6.73. The quantitative estimate of drug-likeness (QED) is 0.699. The number of nitrogens with two attached hydrogens (primary N) is 1. The van der Waals surface area contributed by atoms with Crippen LogP contribution in [0.5, 0.6) is 0 Å². The Labute approximate surface area is 117 Å². The predicted octanol–water partition coefficient (Wildman–Crippen LogP) is 2.76. The van der Waals surface area contributed by atoms with E-state index in [2.05, 4.69) is 21.8 Å². The summed E-state index contributed by atoms with van der Waals surface area (Å²) in [4.78, 5) is 10.2. The number of aromatic nitrogens is 2. The minimum Gasteiger partial charge on any atom is -0.468 e. The number of fused-ring (bicyclic) bond motifs is 1. The van der Waals surface area contributed by atoms with Crippen molar-refractivity contribution < 1.29 is 4.42 Å². The fraction of sp³-hybridized carbons (Fsp3) is 0.267. The van der Waals surface area contributed by atoms with Crippen LogP contribution in [-0.4, -0.2) is 21.4 Å². The SMILES string of the molecule is CCN(Cc1nc2ccc(N)cc2[nH]1)Cc1ccco1. The molecule has 0 saturated carbocycles. The molecule has 0 atom stereocenters. The third kappa shape index (κ3) is 2.67. The lowest BCUT2D eigenvalue weighted by molar-refractivity contribution is 0.243. The maximum atomic E-state index is 5.78. The van der Waals surface area contributed by atoms with E-state index in [-0.39, 0.29) is 0 Å². The Morgan fingerprint density at radius 1 is 1.30 bits per heavy atom. The number of nitrogens with zero attached hydrogens (tertiary/aromatic N) is 2. The molecule has 0 spiro atoms. The normalized spacial score (nSPS) is 11.5. The van der Waals surface area contributed by atoms with Crippen LogP contribution in [0.1, 0.15) is 18.5 Å². The molecular formula is C15H18N4O. The van der Waals surface area contributed by atoms with Crippen LogP contribution in [0.2, 0.25) is 0 Å². The van der Waals surface area contributed by atoms with Gasteiger partial charge in [-0.15, -0.1) is 0 Å². The van der Waals surface area contributed by atoms with E-state index in [0.717, 1.165) is 47.9 Å². The van der Waals surface area contributed by atoms with Gasteiger partial charge >= 0.3 is 0 Å².